The van der Waals surface area contributed by atoms with Crippen LogP contribution in [0.25, 0.3) is 10.9 Å². The second-order valence-electron chi connectivity index (χ2n) is 6.53. The van der Waals surface area contributed by atoms with E-state index in [1.807, 2.05) is 42.5 Å². The van der Waals surface area contributed by atoms with Crippen LogP contribution in [-0.2, 0) is 0 Å². The Morgan fingerprint density at radius 1 is 0.828 bits per heavy atom. The maximum atomic E-state index is 12.6. The molecule has 142 valence electrons. The summed E-state index contributed by atoms with van der Waals surface area (Å²) in [6.07, 6.45) is 3.21. The van der Waals surface area contributed by atoms with Gasteiger partial charge in [-0.25, -0.2) is 4.98 Å². The molecule has 6 nitrogen and oxygen atoms in total. The van der Waals surface area contributed by atoms with Crippen LogP contribution in [0.2, 0.25) is 0 Å². The molecule has 0 bridgehead atoms. The molecule has 0 aliphatic heterocycles. The van der Waals surface area contributed by atoms with E-state index in [-0.39, 0.29) is 11.7 Å². The number of rotatable bonds is 5. The van der Waals surface area contributed by atoms with Gasteiger partial charge in [-0.15, -0.1) is 0 Å². The molecule has 0 atom stereocenters. The lowest BCUT2D eigenvalue weighted by Gasteiger charge is -2.09. The van der Waals surface area contributed by atoms with Crippen molar-refractivity contribution in [3.05, 3.63) is 90.3 Å². The first-order valence-corrected chi connectivity index (χ1v) is 9.09. The highest BCUT2D eigenvalue weighted by Gasteiger charge is 2.10. The van der Waals surface area contributed by atoms with E-state index in [0.717, 1.165) is 16.6 Å². The molecule has 2 aromatic carbocycles. The highest BCUT2D eigenvalue weighted by atomic mass is 16.1. The van der Waals surface area contributed by atoms with Gasteiger partial charge in [0.05, 0.1) is 16.8 Å². The highest BCUT2D eigenvalue weighted by molar-refractivity contribution is 6.08. The lowest BCUT2D eigenvalue weighted by atomic mass is 10.1. The van der Waals surface area contributed by atoms with Crippen LogP contribution < -0.4 is 10.6 Å². The molecule has 4 rings (SSSR count). The quantitative estimate of drug-likeness (QED) is 0.483. The van der Waals surface area contributed by atoms with Gasteiger partial charge >= 0.3 is 0 Å². The molecule has 4 aromatic rings. The van der Waals surface area contributed by atoms with Gasteiger partial charge in [0.2, 0.25) is 0 Å². The van der Waals surface area contributed by atoms with Gasteiger partial charge in [-0.1, -0.05) is 18.2 Å². The zero-order valence-electron chi connectivity index (χ0n) is 15.7. The van der Waals surface area contributed by atoms with Gasteiger partial charge in [-0.2, -0.15) is 0 Å². The van der Waals surface area contributed by atoms with Crippen molar-refractivity contribution in [2.24, 2.45) is 0 Å². The summed E-state index contributed by atoms with van der Waals surface area (Å²) in [5, 5.41) is 7.00. The Balaban J connectivity index is 1.47. The number of aromatic nitrogens is 2. The lowest BCUT2D eigenvalue weighted by molar-refractivity contribution is 0.101. The van der Waals surface area contributed by atoms with Crippen LogP contribution in [0.5, 0.6) is 0 Å². The molecule has 2 N–H and O–H groups in total. The molecule has 0 radical (unpaired) electrons. The number of nitrogens with zero attached hydrogens (tertiary/aromatic N) is 2. The number of Topliss-reactive ketones (excluding diaryl/α,β-unsaturated/α-hetero) is 1. The summed E-state index contributed by atoms with van der Waals surface area (Å²) in [4.78, 5) is 32.6. The van der Waals surface area contributed by atoms with Crippen LogP contribution in [0.3, 0.4) is 0 Å². The van der Waals surface area contributed by atoms with E-state index in [0.29, 0.717) is 22.6 Å². The number of benzene rings is 2. The Hall–Kier alpha value is -4.06. The zero-order valence-corrected chi connectivity index (χ0v) is 15.7. The van der Waals surface area contributed by atoms with Crippen molar-refractivity contribution in [2.75, 3.05) is 10.6 Å². The van der Waals surface area contributed by atoms with Crippen molar-refractivity contribution in [1.29, 1.82) is 0 Å². The SMILES string of the molecule is CC(=O)c1ccc(Nc2ccc(C(=O)Nc3cccc4cccnc34)cn2)cc1. The summed E-state index contributed by atoms with van der Waals surface area (Å²) in [6.45, 7) is 1.53. The third-order valence-electron chi connectivity index (χ3n) is 4.47. The summed E-state index contributed by atoms with van der Waals surface area (Å²) in [6, 6.07) is 20.0. The summed E-state index contributed by atoms with van der Waals surface area (Å²) in [5.41, 5.74) is 3.29. The van der Waals surface area contributed by atoms with E-state index in [4.69, 9.17) is 0 Å². The number of carbonyl (C=O) groups excluding carboxylic acids is 2. The number of carbonyl (C=O) groups is 2. The number of anilines is 3. The average Bonchev–Trinajstić information content (AvgIpc) is 2.75. The van der Waals surface area contributed by atoms with E-state index in [1.54, 1.807) is 30.5 Å². The molecule has 2 heterocycles. The lowest BCUT2D eigenvalue weighted by Crippen LogP contribution is -2.12. The summed E-state index contributed by atoms with van der Waals surface area (Å²) in [7, 11) is 0. The summed E-state index contributed by atoms with van der Waals surface area (Å²) >= 11 is 0. The van der Waals surface area contributed by atoms with E-state index < -0.39 is 0 Å². The van der Waals surface area contributed by atoms with E-state index in [1.165, 1.54) is 13.1 Å². The van der Waals surface area contributed by atoms with Gasteiger partial charge in [-0.05, 0) is 55.5 Å². The predicted molar refractivity (Wildman–Crippen MR) is 114 cm³/mol. The topological polar surface area (TPSA) is 84.0 Å². The Morgan fingerprint density at radius 3 is 2.31 bits per heavy atom. The molecule has 0 saturated heterocycles. The average molecular weight is 382 g/mol. The summed E-state index contributed by atoms with van der Waals surface area (Å²) < 4.78 is 0. The van der Waals surface area contributed by atoms with Crippen molar-refractivity contribution >= 4 is 39.8 Å². The third-order valence-corrected chi connectivity index (χ3v) is 4.47. The normalized spacial score (nSPS) is 10.5. The van der Waals surface area contributed by atoms with E-state index in [2.05, 4.69) is 20.6 Å². The first kappa shape index (κ1) is 18.3. The van der Waals surface area contributed by atoms with Crippen LogP contribution in [0.15, 0.2) is 79.1 Å². The fraction of sp³-hybridized carbons (Fsp3) is 0.0435. The Kier molecular flexibility index (Phi) is 4.99. The first-order valence-electron chi connectivity index (χ1n) is 9.09. The van der Waals surface area contributed by atoms with Gasteiger partial charge in [0.1, 0.15) is 5.82 Å². The minimum Gasteiger partial charge on any atom is -0.340 e. The third kappa shape index (κ3) is 4.11. The maximum absolute atomic E-state index is 12.6. The molecule has 0 saturated carbocycles. The van der Waals surface area contributed by atoms with Crippen molar-refractivity contribution < 1.29 is 9.59 Å². The molecule has 0 fully saturated rings. The van der Waals surface area contributed by atoms with Gasteiger partial charge in [0.25, 0.3) is 5.91 Å². The number of ketones is 1. The number of fused-ring (bicyclic) bond motifs is 1. The van der Waals surface area contributed by atoms with Crippen LogP contribution in [0.4, 0.5) is 17.2 Å². The minimum absolute atomic E-state index is 0.0198. The molecule has 0 spiro atoms. The molecular formula is C23H18N4O2. The van der Waals surface area contributed by atoms with Crippen LogP contribution in [0, 0.1) is 0 Å². The molecule has 1 amide bonds. The van der Waals surface area contributed by atoms with Gasteiger partial charge in [0, 0.05) is 29.0 Å². The fourth-order valence-electron chi connectivity index (χ4n) is 2.94. The monoisotopic (exact) mass is 382 g/mol. The first-order chi connectivity index (χ1) is 14.1. The fourth-order valence-corrected chi connectivity index (χ4v) is 2.94. The number of hydrogen-bond donors (Lipinski definition) is 2. The zero-order chi connectivity index (χ0) is 20.2. The van der Waals surface area contributed by atoms with Gasteiger partial charge < -0.3 is 10.6 Å². The number of hydrogen-bond acceptors (Lipinski definition) is 5. The van der Waals surface area contributed by atoms with Crippen molar-refractivity contribution in [1.82, 2.24) is 9.97 Å². The van der Waals surface area contributed by atoms with Crippen LogP contribution in [0.1, 0.15) is 27.6 Å². The number of pyridine rings is 2. The smallest absolute Gasteiger partial charge is 0.257 e. The van der Waals surface area contributed by atoms with Crippen molar-refractivity contribution in [3.8, 4) is 0 Å². The van der Waals surface area contributed by atoms with Gasteiger partial charge in [-0.3, -0.25) is 14.6 Å². The number of nitrogens with one attached hydrogen (secondary N) is 2. The molecular weight excluding hydrogens is 364 g/mol. The van der Waals surface area contributed by atoms with Gasteiger partial charge in [0.15, 0.2) is 5.78 Å². The standard InChI is InChI=1S/C23H18N4O2/c1-15(28)16-7-10-19(11-8-16)26-21-12-9-18(14-25-21)23(29)27-20-6-2-4-17-5-3-13-24-22(17)20/h2-14H,1H3,(H,25,26)(H,27,29). The Morgan fingerprint density at radius 2 is 1.59 bits per heavy atom. The predicted octanol–water partition coefficient (Wildman–Crippen LogP) is 4.83. The molecule has 0 unspecified atom stereocenters. The molecule has 0 aliphatic carbocycles. The second-order valence-corrected chi connectivity index (χ2v) is 6.53. The number of para-hydroxylation sites is 1. The Bertz CT molecular complexity index is 1180. The van der Waals surface area contributed by atoms with Crippen molar-refractivity contribution in [2.45, 2.75) is 6.92 Å². The molecule has 29 heavy (non-hydrogen) atoms. The van der Waals surface area contributed by atoms with E-state index in [9.17, 15) is 9.59 Å². The van der Waals surface area contributed by atoms with E-state index >= 15 is 0 Å². The van der Waals surface area contributed by atoms with Crippen molar-refractivity contribution in [3.63, 3.8) is 0 Å². The minimum atomic E-state index is -0.256. The molecule has 2 aromatic heterocycles. The second kappa shape index (κ2) is 7.90. The Labute approximate surface area is 167 Å². The maximum Gasteiger partial charge on any atom is 0.257 e. The highest BCUT2D eigenvalue weighted by Crippen LogP contribution is 2.22. The van der Waals surface area contributed by atoms with Crippen LogP contribution >= 0.6 is 0 Å². The molecule has 0 aliphatic rings. The summed E-state index contributed by atoms with van der Waals surface area (Å²) in [5.74, 6) is 0.364. The van der Waals surface area contributed by atoms with Crippen LogP contribution in [-0.4, -0.2) is 21.7 Å². The molecule has 6 heteroatoms. The largest absolute Gasteiger partial charge is 0.340 e. The number of amides is 1.